The van der Waals surface area contributed by atoms with Crippen molar-refractivity contribution in [3.05, 3.63) is 35.6 Å². The molecule has 0 saturated carbocycles. The van der Waals surface area contributed by atoms with Crippen LogP contribution in [0.4, 0.5) is 0 Å². The molecule has 2 rings (SSSR count). The fraction of sp³-hybridized carbons (Fsp3) is 0.333. The van der Waals surface area contributed by atoms with Crippen molar-refractivity contribution in [1.29, 1.82) is 0 Å². The number of furan rings is 1. The summed E-state index contributed by atoms with van der Waals surface area (Å²) in [5, 5.41) is 29.5. The van der Waals surface area contributed by atoms with Crippen molar-refractivity contribution < 1.29 is 29.3 Å². The van der Waals surface area contributed by atoms with Gasteiger partial charge < -0.3 is 19.7 Å². The van der Waals surface area contributed by atoms with Crippen LogP contribution in [0.3, 0.4) is 0 Å². The van der Waals surface area contributed by atoms with Crippen molar-refractivity contribution >= 4 is 33.8 Å². The molecule has 0 spiro atoms. The predicted octanol–water partition coefficient (Wildman–Crippen LogP) is 2.20. The molecule has 2 atom stereocenters. The number of fused-ring (bicyclic) bond motifs is 1. The van der Waals surface area contributed by atoms with Crippen molar-refractivity contribution in [2.75, 3.05) is 5.75 Å². The van der Waals surface area contributed by atoms with E-state index >= 15 is 0 Å². The first-order valence-corrected chi connectivity index (χ1v) is 7.63. The van der Waals surface area contributed by atoms with Gasteiger partial charge in [0.25, 0.3) is 0 Å². The van der Waals surface area contributed by atoms with Crippen molar-refractivity contribution in [1.82, 2.24) is 0 Å². The molecule has 0 saturated heterocycles. The number of carbonyl (C=O) groups is 2. The van der Waals surface area contributed by atoms with Gasteiger partial charge in [0.05, 0.1) is 6.10 Å². The zero-order valence-corrected chi connectivity index (χ0v) is 12.7. The molecule has 1 aromatic heterocycles. The van der Waals surface area contributed by atoms with Gasteiger partial charge in [-0.1, -0.05) is 17.8 Å². The summed E-state index contributed by atoms with van der Waals surface area (Å²) in [5.74, 6) is -0.926. The lowest BCUT2D eigenvalue weighted by atomic mass is 10.0. The van der Waals surface area contributed by atoms with Gasteiger partial charge in [0, 0.05) is 18.1 Å². The van der Waals surface area contributed by atoms with Crippen LogP contribution in [-0.4, -0.2) is 38.3 Å². The fourth-order valence-corrected chi connectivity index (χ4v) is 2.70. The molecule has 0 bridgehead atoms. The van der Waals surface area contributed by atoms with Gasteiger partial charge >= 0.3 is 5.97 Å². The highest BCUT2D eigenvalue weighted by Gasteiger charge is 2.20. The fourth-order valence-electron chi connectivity index (χ4n) is 2.05. The highest BCUT2D eigenvalue weighted by Crippen LogP contribution is 2.26. The lowest BCUT2D eigenvalue weighted by Gasteiger charge is -2.17. The Hall–Kier alpha value is -1.83. The summed E-state index contributed by atoms with van der Waals surface area (Å²) >= 11 is 1.09. The zero-order chi connectivity index (χ0) is 16.3. The number of carbonyl (C=O) groups excluding carboxylic acids is 1. The Bertz CT molecular complexity index is 692. The maximum atomic E-state index is 10.9. The van der Waals surface area contributed by atoms with Crippen LogP contribution in [0.15, 0.2) is 28.7 Å². The second-order valence-electron chi connectivity index (χ2n) is 4.85. The minimum absolute atomic E-state index is 0.0392. The highest BCUT2D eigenvalue weighted by molar-refractivity contribution is 8.13. The van der Waals surface area contributed by atoms with Crippen LogP contribution >= 0.6 is 11.8 Å². The van der Waals surface area contributed by atoms with Crippen LogP contribution in [0.1, 0.15) is 35.6 Å². The van der Waals surface area contributed by atoms with Crippen molar-refractivity contribution in [3.63, 3.8) is 0 Å². The molecule has 0 aliphatic rings. The van der Waals surface area contributed by atoms with E-state index in [9.17, 15) is 19.8 Å². The molecular formula is C15H16O6S. The summed E-state index contributed by atoms with van der Waals surface area (Å²) < 4.78 is 5.13. The van der Waals surface area contributed by atoms with Gasteiger partial charge in [-0.05, 0) is 30.2 Å². The van der Waals surface area contributed by atoms with E-state index in [1.165, 1.54) is 13.0 Å². The number of aliphatic hydroxyl groups excluding tert-OH is 2. The molecular weight excluding hydrogens is 308 g/mol. The van der Waals surface area contributed by atoms with Crippen LogP contribution in [-0.2, 0) is 4.79 Å². The summed E-state index contributed by atoms with van der Waals surface area (Å²) in [6.45, 7) is 1.44. The molecule has 0 aliphatic carbocycles. The number of aromatic carboxylic acids is 1. The first-order chi connectivity index (χ1) is 10.4. The number of thioether (sulfide) groups is 1. The van der Waals surface area contributed by atoms with E-state index < -0.39 is 18.2 Å². The van der Waals surface area contributed by atoms with E-state index in [0.29, 0.717) is 22.3 Å². The molecule has 0 amide bonds. The largest absolute Gasteiger partial charge is 0.475 e. The molecule has 0 radical (unpaired) electrons. The third-order valence-corrected chi connectivity index (χ3v) is 4.02. The van der Waals surface area contributed by atoms with E-state index in [0.717, 1.165) is 11.8 Å². The molecule has 2 unspecified atom stereocenters. The minimum Gasteiger partial charge on any atom is -0.475 e. The lowest BCUT2D eigenvalue weighted by molar-refractivity contribution is -0.109. The third kappa shape index (κ3) is 3.88. The lowest BCUT2D eigenvalue weighted by Crippen LogP contribution is -2.19. The van der Waals surface area contributed by atoms with E-state index in [1.54, 1.807) is 18.2 Å². The average Bonchev–Trinajstić information content (AvgIpc) is 2.89. The van der Waals surface area contributed by atoms with Gasteiger partial charge in [-0.2, -0.15) is 0 Å². The van der Waals surface area contributed by atoms with Crippen molar-refractivity contribution in [2.24, 2.45) is 0 Å². The Kier molecular flexibility index (Phi) is 5.23. The zero-order valence-electron chi connectivity index (χ0n) is 11.9. The number of benzene rings is 1. The molecule has 7 heteroatoms. The molecule has 118 valence electrons. The number of rotatable bonds is 6. The molecule has 2 aromatic rings. The molecule has 0 fully saturated rings. The second-order valence-corrected chi connectivity index (χ2v) is 6.13. The predicted molar refractivity (Wildman–Crippen MR) is 81.9 cm³/mol. The SMILES string of the molecule is CC(=O)SCCC(O)C(O)c1ccc2oc(C(=O)O)cc2c1. The summed E-state index contributed by atoms with van der Waals surface area (Å²) in [5.41, 5.74) is 0.862. The highest BCUT2D eigenvalue weighted by atomic mass is 32.2. The van der Waals surface area contributed by atoms with Gasteiger partial charge in [0.1, 0.15) is 11.7 Å². The summed E-state index contributed by atoms with van der Waals surface area (Å²) in [6, 6.07) is 6.07. The maximum absolute atomic E-state index is 10.9. The van der Waals surface area contributed by atoms with Crippen LogP contribution in [0.5, 0.6) is 0 Å². The molecule has 6 nitrogen and oxygen atoms in total. The van der Waals surface area contributed by atoms with Crippen molar-refractivity contribution in [3.8, 4) is 0 Å². The number of hydrogen-bond acceptors (Lipinski definition) is 6. The van der Waals surface area contributed by atoms with Crippen LogP contribution in [0.25, 0.3) is 11.0 Å². The summed E-state index contributed by atoms with van der Waals surface area (Å²) in [7, 11) is 0. The number of carboxylic acid groups (broad SMARTS) is 1. The molecule has 1 heterocycles. The Morgan fingerprint density at radius 3 is 2.64 bits per heavy atom. The standard InChI is InChI=1S/C15H16O6S/c1-8(16)22-5-4-11(17)14(18)9-2-3-12-10(6-9)7-13(21-12)15(19)20/h2-3,6-7,11,14,17-18H,4-5H2,1H3,(H,19,20). The van der Waals surface area contributed by atoms with Gasteiger partial charge in [-0.25, -0.2) is 4.79 Å². The van der Waals surface area contributed by atoms with Gasteiger partial charge in [0.15, 0.2) is 5.12 Å². The summed E-state index contributed by atoms with van der Waals surface area (Å²) in [6.07, 6.45) is -1.84. The Morgan fingerprint density at radius 2 is 2.00 bits per heavy atom. The first-order valence-electron chi connectivity index (χ1n) is 6.64. The molecule has 22 heavy (non-hydrogen) atoms. The van der Waals surface area contributed by atoms with Crippen LogP contribution in [0, 0.1) is 0 Å². The monoisotopic (exact) mass is 324 g/mol. The quantitative estimate of drug-likeness (QED) is 0.747. The van der Waals surface area contributed by atoms with Crippen molar-refractivity contribution in [2.45, 2.75) is 25.6 Å². The summed E-state index contributed by atoms with van der Waals surface area (Å²) in [4.78, 5) is 21.7. The number of carboxylic acids is 1. The smallest absolute Gasteiger partial charge is 0.371 e. The number of aliphatic hydroxyl groups is 2. The normalized spacial score (nSPS) is 14.0. The van der Waals surface area contributed by atoms with E-state index in [-0.39, 0.29) is 17.3 Å². The molecule has 1 aromatic carbocycles. The van der Waals surface area contributed by atoms with Crippen LogP contribution < -0.4 is 0 Å². The van der Waals surface area contributed by atoms with Gasteiger partial charge in [-0.3, -0.25) is 4.79 Å². The van der Waals surface area contributed by atoms with Gasteiger partial charge in [0.2, 0.25) is 5.76 Å². The van der Waals surface area contributed by atoms with Gasteiger partial charge in [-0.15, -0.1) is 0 Å². The van der Waals surface area contributed by atoms with E-state index in [4.69, 9.17) is 9.52 Å². The number of hydrogen-bond donors (Lipinski definition) is 3. The van der Waals surface area contributed by atoms with Crippen LogP contribution in [0.2, 0.25) is 0 Å². The Balaban J connectivity index is 2.11. The van der Waals surface area contributed by atoms with E-state index in [2.05, 4.69) is 0 Å². The maximum Gasteiger partial charge on any atom is 0.371 e. The minimum atomic E-state index is -1.17. The Morgan fingerprint density at radius 1 is 1.27 bits per heavy atom. The molecule has 0 aliphatic heterocycles. The topological polar surface area (TPSA) is 108 Å². The Labute approximate surface area is 130 Å². The first kappa shape index (κ1) is 16.5. The van der Waals surface area contributed by atoms with E-state index in [1.807, 2.05) is 0 Å². The molecule has 3 N–H and O–H groups in total. The average molecular weight is 324 g/mol. The third-order valence-electron chi connectivity index (χ3n) is 3.18. The second kappa shape index (κ2) is 6.95.